The number of fused-ring (bicyclic) bond motifs is 1. The Morgan fingerprint density at radius 1 is 1.15 bits per heavy atom. The number of amides is 1. The van der Waals surface area contributed by atoms with Gasteiger partial charge in [-0.05, 0) is 43.3 Å². The molecule has 0 N–H and O–H groups in total. The summed E-state index contributed by atoms with van der Waals surface area (Å²) in [5, 5.41) is 2.83. The van der Waals surface area contributed by atoms with Crippen LogP contribution >= 0.6 is 11.8 Å². The number of benzene rings is 1. The summed E-state index contributed by atoms with van der Waals surface area (Å²) in [5.74, 6) is -0.253. The maximum atomic E-state index is 13.3. The Morgan fingerprint density at radius 2 is 1.88 bits per heavy atom. The molecule has 1 atom stereocenters. The van der Waals surface area contributed by atoms with Crippen molar-refractivity contribution in [2.45, 2.75) is 46.6 Å². The van der Waals surface area contributed by atoms with Gasteiger partial charge in [0.25, 0.3) is 0 Å². The molecule has 1 aromatic carbocycles. The van der Waals surface area contributed by atoms with Crippen molar-refractivity contribution in [3.8, 4) is 0 Å². The second kappa shape index (κ2) is 10.4. The largest absolute Gasteiger partial charge is 0.466 e. The third kappa shape index (κ3) is 4.66. The van der Waals surface area contributed by atoms with Gasteiger partial charge in [-0.15, -0.1) is 0 Å². The molecule has 1 aromatic rings. The van der Waals surface area contributed by atoms with Gasteiger partial charge < -0.3 is 19.4 Å². The highest BCUT2D eigenvalue weighted by molar-refractivity contribution is 8.16. The van der Waals surface area contributed by atoms with Crippen molar-refractivity contribution in [1.82, 2.24) is 14.7 Å². The Labute approximate surface area is 206 Å². The van der Waals surface area contributed by atoms with Crippen LogP contribution in [-0.2, 0) is 14.3 Å². The van der Waals surface area contributed by atoms with Gasteiger partial charge in [-0.2, -0.15) is 0 Å². The van der Waals surface area contributed by atoms with Crippen LogP contribution in [0.1, 0.15) is 49.4 Å². The number of nitrogens with zero attached hydrogens (tertiary/aromatic N) is 4. The van der Waals surface area contributed by atoms with E-state index in [1.54, 1.807) is 0 Å². The number of carbonyl (C=O) groups is 2. The highest BCUT2D eigenvalue weighted by atomic mass is 32.2. The second-order valence-corrected chi connectivity index (χ2v) is 9.79. The first-order chi connectivity index (χ1) is 16.4. The van der Waals surface area contributed by atoms with E-state index in [1.165, 1.54) is 18.9 Å². The van der Waals surface area contributed by atoms with Gasteiger partial charge in [0.1, 0.15) is 0 Å². The highest BCUT2D eigenvalue weighted by Crippen LogP contribution is 2.46. The number of piperazine rings is 1. The summed E-state index contributed by atoms with van der Waals surface area (Å²) in [6, 6.07) is 5.92. The molecule has 0 saturated carbocycles. The Bertz CT molecular complexity index is 1070. The van der Waals surface area contributed by atoms with E-state index in [0.717, 1.165) is 66.0 Å². The predicted octanol–water partition coefficient (Wildman–Crippen LogP) is 4.00. The number of rotatable bonds is 6. The van der Waals surface area contributed by atoms with Crippen LogP contribution in [0.5, 0.6) is 0 Å². The number of likely N-dealkylation sites (N-methyl/N-ethyl adjacent to an activating group) is 1. The number of thioether (sulfide) groups is 1. The zero-order chi connectivity index (χ0) is 24.4. The molecule has 0 radical (unpaired) electrons. The van der Waals surface area contributed by atoms with Crippen LogP contribution < -0.4 is 0 Å². The number of aryl methyl sites for hydroxylation is 2. The molecule has 0 unspecified atom stereocenters. The van der Waals surface area contributed by atoms with E-state index in [0.29, 0.717) is 12.0 Å². The molecule has 1 amide bonds. The fourth-order valence-corrected chi connectivity index (χ4v) is 5.78. The van der Waals surface area contributed by atoms with Crippen LogP contribution in [0.3, 0.4) is 0 Å². The van der Waals surface area contributed by atoms with Gasteiger partial charge in [0.2, 0.25) is 5.91 Å². The second-order valence-electron chi connectivity index (χ2n) is 8.95. The number of methoxy groups -OCH3 is 1. The molecule has 8 heteroatoms. The number of esters is 1. The number of allylic oxidation sites excluding steroid dienone is 1. The first-order valence-electron chi connectivity index (χ1n) is 12.0. The van der Waals surface area contributed by atoms with Gasteiger partial charge in [0.15, 0.2) is 5.17 Å². The summed E-state index contributed by atoms with van der Waals surface area (Å²) in [7, 11) is 1.41. The lowest BCUT2D eigenvalue weighted by molar-refractivity contribution is -0.136. The van der Waals surface area contributed by atoms with E-state index in [9.17, 15) is 9.59 Å². The summed E-state index contributed by atoms with van der Waals surface area (Å²) >= 11 is 1.52. The van der Waals surface area contributed by atoms with Gasteiger partial charge >= 0.3 is 5.97 Å². The third-order valence-electron chi connectivity index (χ3n) is 6.86. The fourth-order valence-electron chi connectivity index (χ4n) is 4.84. The molecular formula is C26H34N4O3S. The highest BCUT2D eigenvalue weighted by Gasteiger charge is 2.42. The first-order valence-corrected chi connectivity index (χ1v) is 12.9. The Hall–Kier alpha value is -2.58. The van der Waals surface area contributed by atoms with Gasteiger partial charge in [-0.1, -0.05) is 49.4 Å². The zero-order valence-electron chi connectivity index (χ0n) is 20.8. The molecule has 0 spiro atoms. The SMILES string of the molecule is CCC1=C(C(=O)OC)[C@@H](c2cc(C)ccc2C)N2C(CC(=O)N3CCN(CC)CC3)=CSC2=N1. The van der Waals surface area contributed by atoms with Gasteiger partial charge in [0, 0.05) is 31.9 Å². The number of carbonyl (C=O) groups excluding carboxylic acids is 2. The smallest absolute Gasteiger partial charge is 0.338 e. The van der Waals surface area contributed by atoms with Crippen molar-refractivity contribution in [2.24, 2.45) is 4.99 Å². The summed E-state index contributed by atoms with van der Waals surface area (Å²) in [6.45, 7) is 12.6. The topological polar surface area (TPSA) is 65.5 Å². The summed E-state index contributed by atoms with van der Waals surface area (Å²) in [6.07, 6.45) is 0.912. The zero-order valence-corrected chi connectivity index (χ0v) is 21.6. The molecule has 7 nitrogen and oxygen atoms in total. The monoisotopic (exact) mass is 482 g/mol. The van der Waals surface area contributed by atoms with Crippen molar-refractivity contribution >= 4 is 28.8 Å². The lowest BCUT2D eigenvalue weighted by Gasteiger charge is -2.38. The molecule has 3 heterocycles. The molecule has 34 heavy (non-hydrogen) atoms. The average molecular weight is 483 g/mol. The molecule has 1 fully saturated rings. The van der Waals surface area contributed by atoms with Gasteiger partial charge in [-0.3, -0.25) is 4.79 Å². The Balaban J connectivity index is 1.69. The summed E-state index contributed by atoms with van der Waals surface area (Å²) in [5.41, 5.74) is 5.43. The van der Waals surface area contributed by atoms with Crippen LogP contribution in [0.4, 0.5) is 0 Å². The van der Waals surface area contributed by atoms with Crippen LogP contribution in [0.15, 0.2) is 45.6 Å². The van der Waals surface area contributed by atoms with Crippen molar-refractivity contribution in [2.75, 3.05) is 39.8 Å². The Kier molecular flexibility index (Phi) is 7.48. The minimum atomic E-state index is -0.374. The van der Waals surface area contributed by atoms with Crippen molar-refractivity contribution in [1.29, 1.82) is 0 Å². The van der Waals surface area contributed by atoms with E-state index in [4.69, 9.17) is 9.73 Å². The summed E-state index contributed by atoms with van der Waals surface area (Å²) < 4.78 is 5.23. The maximum Gasteiger partial charge on any atom is 0.338 e. The fraction of sp³-hybridized carbons (Fsp3) is 0.500. The lowest BCUT2D eigenvalue weighted by atomic mass is 9.89. The van der Waals surface area contributed by atoms with Crippen LogP contribution in [0.2, 0.25) is 0 Å². The molecular weight excluding hydrogens is 448 g/mol. The average Bonchev–Trinajstić information content (AvgIpc) is 3.26. The number of amidine groups is 1. The quantitative estimate of drug-likeness (QED) is 0.571. The van der Waals surface area contributed by atoms with E-state index in [-0.39, 0.29) is 24.3 Å². The van der Waals surface area contributed by atoms with Gasteiger partial charge in [-0.25, -0.2) is 9.79 Å². The molecule has 0 aliphatic carbocycles. The maximum absolute atomic E-state index is 13.3. The normalized spacial score (nSPS) is 20.8. The van der Waals surface area contributed by atoms with Crippen molar-refractivity contribution in [3.05, 3.63) is 57.3 Å². The Morgan fingerprint density at radius 3 is 2.53 bits per heavy atom. The van der Waals surface area contributed by atoms with E-state index in [2.05, 4.69) is 48.8 Å². The van der Waals surface area contributed by atoms with Crippen molar-refractivity contribution < 1.29 is 14.3 Å². The van der Waals surface area contributed by atoms with Crippen LogP contribution in [0, 0.1) is 13.8 Å². The molecule has 4 rings (SSSR count). The predicted molar refractivity (Wildman–Crippen MR) is 136 cm³/mol. The van der Waals surface area contributed by atoms with E-state index in [1.807, 2.05) is 17.2 Å². The molecule has 182 valence electrons. The lowest BCUT2D eigenvalue weighted by Crippen LogP contribution is -2.49. The number of hydrogen-bond donors (Lipinski definition) is 0. The minimum Gasteiger partial charge on any atom is -0.466 e. The molecule has 3 aliphatic rings. The first kappa shape index (κ1) is 24.5. The molecule has 0 bridgehead atoms. The molecule has 3 aliphatic heterocycles. The number of hydrogen-bond acceptors (Lipinski definition) is 7. The van der Waals surface area contributed by atoms with Crippen LogP contribution in [-0.4, -0.2) is 71.6 Å². The third-order valence-corrected chi connectivity index (χ3v) is 7.75. The summed E-state index contributed by atoms with van der Waals surface area (Å²) in [4.78, 5) is 37.6. The molecule has 1 saturated heterocycles. The van der Waals surface area contributed by atoms with Gasteiger partial charge in [0.05, 0.1) is 30.8 Å². The number of ether oxygens (including phenoxy) is 1. The molecule has 0 aromatic heterocycles. The number of aliphatic imine (C=N–C) groups is 1. The van der Waals surface area contributed by atoms with Crippen molar-refractivity contribution in [3.63, 3.8) is 0 Å². The van der Waals surface area contributed by atoms with E-state index < -0.39 is 0 Å². The standard InChI is InChI=1S/C26H34N4O3S/c1-6-21-23(25(32)33-5)24(20-14-17(3)8-9-18(20)4)30-19(16-34-26(30)27-21)15-22(31)29-12-10-28(7-2)11-13-29/h8-9,14,16,24H,6-7,10-13,15H2,1-5H3/t24-/m1/s1. The minimum absolute atomic E-state index is 0.119. The van der Waals surface area contributed by atoms with Crippen LogP contribution in [0.25, 0.3) is 0 Å². The van der Waals surface area contributed by atoms with E-state index >= 15 is 0 Å².